The van der Waals surface area contributed by atoms with E-state index in [1.807, 2.05) is 37.3 Å². The molecule has 1 atom stereocenters. The van der Waals surface area contributed by atoms with Crippen LogP contribution in [0.2, 0.25) is 0 Å². The lowest BCUT2D eigenvalue weighted by atomic mass is 10.2. The molecule has 2 rings (SSSR count). The van der Waals surface area contributed by atoms with Crippen molar-refractivity contribution in [1.29, 1.82) is 0 Å². The topological polar surface area (TPSA) is 60.7 Å². The largest absolute Gasteiger partial charge is 0.300 e. The Bertz CT molecular complexity index is 526. The highest BCUT2D eigenvalue weighted by Crippen LogP contribution is 2.24. The molecule has 0 N–H and O–H groups in total. The third-order valence-corrected chi connectivity index (χ3v) is 3.36. The first-order valence-electron chi connectivity index (χ1n) is 5.66. The molecule has 0 saturated heterocycles. The summed E-state index contributed by atoms with van der Waals surface area (Å²) in [5.74, 6) is 0.175. The van der Waals surface area contributed by atoms with Crippen LogP contribution in [0.3, 0.4) is 0 Å². The molecule has 0 fully saturated rings. The Hall–Kier alpha value is -1.69. The summed E-state index contributed by atoms with van der Waals surface area (Å²) in [4.78, 5) is 11.1. The highest BCUT2D eigenvalue weighted by Gasteiger charge is 2.14. The minimum atomic E-state index is 0.163. The van der Waals surface area contributed by atoms with Crippen LogP contribution in [0.5, 0.6) is 0 Å². The van der Waals surface area contributed by atoms with E-state index < -0.39 is 0 Å². The van der Waals surface area contributed by atoms with Crippen LogP contribution in [0.4, 0.5) is 0 Å². The molecule has 1 heterocycles. The van der Waals surface area contributed by atoms with E-state index in [0.29, 0.717) is 11.6 Å². The van der Waals surface area contributed by atoms with Gasteiger partial charge in [-0.05, 0) is 29.5 Å². The van der Waals surface area contributed by atoms with Gasteiger partial charge in [0.05, 0.1) is 5.69 Å². The number of carbonyl (C=O) groups excluding carboxylic acids is 1. The molecule has 0 bridgehead atoms. The van der Waals surface area contributed by atoms with Crippen LogP contribution in [-0.2, 0) is 4.79 Å². The number of carbonyl (C=O) groups is 1. The Labute approximate surface area is 110 Å². The summed E-state index contributed by atoms with van der Waals surface area (Å²) >= 11 is 1.51. The van der Waals surface area contributed by atoms with Crippen molar-refractivity contribution in [2.45, 2.75) is 30.7 Å². The number of para-hydroxylation sites is 1. The van der Waals surface area contributed by atoms with Crippen LogP contribution in [-0.4, -0.2) is 31.2 Å². The number of ketones is 1. The minimum Gasteiger partial charge on any atom is -0.300 e. The zero-order valence-electron chi connectivity index (χ0n) is 10.3. The molecule has 0 saturated carbocycles. The van der Waals surface area contributed by atoms with E-state index in [1.54, 1.807) is 11.6 Å². The van der Waals surface area contributed by atoms with Crippen LogP contribution < -0.4 is 0 Å². The number of nitrogens with zero attached hydrogens (tertiary/aromatic N) is 4. The lowest BCUT2D eigenvalue weighted by molar-refractivity contribution is -0.116. The Morgan fingerprint density at radius 1 is 1.39 bits per heavy atom. The minimum absolute atomic E-state index is 0.163. The summed E-state index contributed by atoms with van der Waals surface area (Å²) in [7, 11) is 0. The van der Waals surface area contributed by atoms with Gasteiger partial charge in [-0.1, -0.05) is 36.9 Å². The predicted octanol–water partition coefficient (Wildman–Crippen LogP) is 2.12. The lowest BCUT2D eigenvalue weighted by Crippen LogP contribution is -2.06. The molecule has 0 spiro atoms. The SMILES string of the molecule is CC(=O)CC(C)Sc1nnnn1-c1ccccc1. The predicted molar refractivity (Wildman–Crippen MR) is 69.8 cm³/mol. The number of aromatic nitrogens is 4. The van der Waals surface area contributed by atoms with Crippen molar-refractivity contribution >= 4 is 17.5 Å². The number of thioether (sulfide) groups is 1. The van der Waals surface area contributed by atoms with Gasteiger partial charge in [0.1, 0.15) is 5.78 Å². The maximum atomic E-state index is 11.1. The molecule has 0 amide bonds. The second-order valence-corrected chi connectivity index (χ2v) is 5.45. The third-order valence-electron chi connectivity index (χ3n) is 2.32. The number of hydrogen-bond donors (Lipinski definition) is 0. The molecule has 1 aromatic carbocycles. The molecule has 1 unspecified atom stereocenters. The highest BCUT2D eigenvalue weighted by molar-refractivity contribution is 7.99. The van der Waals surface area contributed by atoms with Crippen molar-refractivity contribution < 1.29 is 4.79 Å². The fourth-order valence-electron chi connectivity index (χ4n) is 1.61. The van der Waals surface area contributed by atoms with Gasteiger partial charge < -0.3 is 0 Å². The summed E-state index contributed by atoms with van der Waals surface area (Å²) in [6.45, 7) is 3.59. The van der Waals surface area contributed by atoms with E-state index in [9.17, 15) is 4.79 Å². The maximum Gasteiger partial charge on any atom is 0.214 e. The molecule has 0 radical (unpaired) electrons. The molecule has 6 heteroatoms. The average molecular weight is 262 g/mol. The summed E-state index contributed by atoms with van der Waals surface area (Å²) in [6, 6.07) is 9.69. The molecule has 94 valence electrons. The van der Waals surface area contributed by atoms with Gasteiger partial charge in [-0.3, -0.25) is 4.79 Å². The molecule has 5 nitrogen and oxygen atoms in total. The smallest absolute Gasteiger partial charge is 0.214 e. The van der Waals surface area contributed by atoms with Crippen LogP contribution in [0.25, 0.3) is 5.69 Å². The first kappa shape index (κ1) is 12.8. The van der Waals surface area contributed by atoms with Crippen molar-refractivity contribution in [2.75, 3.05) is 0 Å². The number of tetrazole rings is 1. The van der Waals surface area contributed by atoms with Crippen LogP contribution in [0, 0.1) is 0 Å². The van der Waals surface area contributed by atoms with Crippen LogP contribution in [0.1, 0.15) is 20.3 Å². The van der Waals surface area contributed by atoms with Crippen LogP contribution in [0.15, 0.2) is 35.5 Å². The number of rotatable bonds is 5. The number of benzene rings is 1. The van der Waals surface area contributed by atoms with Crippen LogP contribution >= 0.6 is 11.8 Å². The first-order chi connectivity index (χ1) is 8.66. The van der Waals surface area contributed by atoms with Crippen molar-refractivity contribution in [1.82, 2.24) is 20.2 Å². The van der Waals surface area contributed by atoms with Gasteiger partial charge in [-0.2, -0.15) is 4.68 Å². The third kappa shape index (κ3) is 3.16. The fraction of sp³-hybridized carbons (Fsp3) is 0.333. The molecule has 0 aliphatic rings. The molecular weight excluding hydrogens is 248 g/mol. The fourth-order valence-corrected chi connectivity index (χ4v) is 2.61. The highest BCUT2D eigenvalue weighted by atomic mass is 32.2. The Balaban J connectivity index is 2.16. The quantitative estimate of drug-likeness (QED) is 0.772. The molecule has 1 aromatic heterocycles. The average Bonchev–Trinajstić information content (AvgIpc) is 2.77. The van der Waals surface area contributed by atoms with Crippen molar-refractivity contribution in [3.63, 3.8) is 0 Å². The normalized spacial score (nSPS) is 12.3. The number of Topliss-reactive ketones (excluding diaryl/α,β-unsaturated/α-hetero) is 1. The zero-order chi connectivity index (χ0) is 13.0. The standard InChI is InChI=1S/C12H14N4OS/c1-9(17)8-10(2)18-12-13-14-15-16(12)11-6-4-3-5-7-11/h3-7,10H,8H2,1-2H3. The first-order valence-corrected chi connectivity index (χ1v) is 6.54. The summed E-state index contributed by atoms with van der Waals surface area (Å²) in [5.41, 5.74) is 0.917. The van der Waals surface area contributed by atoms with E-state index in [4.69, 9.17) is 0 Å². The molecular formula is C12H14N4OS. The van der Waals surface area contributed by atoms with Gasteiger partial charge in [0, 0.05) is 11.7 Å². The second-order valence-electron chi connectivity index (χ2n) is 4.04. The molecule has 18 heavy (non-hydrogen) atoms. The molecule has 2 aromatic rings. The van der Waals surface area contributed by atoms with Gasteiger partial charge in [0.2, 0.25) is 5.16 Å². The Kier molecular flexibility index (Phi) is 4.09. The van der Waals surface area contributed by atoms with Gasteiger partial charge in [-0.25, -0.2) is 0 Å². The number of hydrogen-bond acceptors (Lipinski definition) is 5. The van der Waals surface area contributed by atoms with Gasteiger partial charge >= 0.3 is 0 Å². The monoisotopic (exact) mass is 262 g/mol. The Morgan fingerprint density at radius 2 is 2.11 bits per heavy atom. The second kappa shape index (κ2) is 5.77. The van der Waals surface area contributed by atoms with E-state index in [0.717, 1.165) is 5.69 Å². The molecule has 0 aliphatic carbocycles. The van der Waals surface area contributed by atoms with Gasteiger partial charge in [-0.15, -0.1) is 5.10 Å². The van der Waals surface area contributed by atoms with E-state index in [1.165, 1.54) is 11.8 Å². The van der Waals surface area contributed by atoms with Gasteiger partial charge in [0.15, 0.2) is 0 Å². The molecule has 0 aliphatic heterocycles. The lowest BCUT2D eigenvalue weighted by Gasteiger charge is -2.08. The van der Waals surface area contributed by atoms with Crippen molar-refractivity contribution in [2.24, 2.45) is 0 Å². The van der Waals surface area contributed by atoms with E-state index >= 15 is 0 Å². The van der Waals surface area contributed by atoms with Gasteiger partial charge in [0.25, 0.3) is 0 Å². The van der Waals surface area contributed by atoms with E-state index in [2.05, 4.69) is 15.5 Å². The summed E-state index contributed by atoms with van der Waals surface area (Å²) in [5, 5.41) is 12.5. The Morgan fingerprint density at radius 3 is 2.78 bits per heavy atom. The maximum absolute atomic E-state index is 11.1. The summed E-state index contributed by atoms with van der Waals surface area (Å²) in [6.07, 6.45) is 0.520. The summed E-state index contributed by atoms with van der Waals surface area (Å²) < 4.78 is 1.68. The van der Waals surface area contributed by atoms with Crippen molar-refractivity contribution in [3.8, 4) is 5.69 Å². The zero-order valence-corrected chi connectivity index (χ0v) is 11.1. The van der Waals surface area contributed by atoms with E-state index in [-0.39, 0.29) is 11.0 Å². The van der Waals surface area contributed by atoms with Crippen molar-refractivity contribution in [3.05, 3.63) is 30.3 Å².